The van der Waals surface area contributed by atoms with Gasteiger partial charge < -0.3 is 14.0 Å². The molecule has 21 heavy (non-hydrogen) atoms. The van der Waals surface area contributed by atoms with Gasteiger partial charge in [0.05, 0.1) is 32.8 Å². The van der Waals surface area contributed by atoms with E-state index >= 15 is 0 Å². The average Bonchev–Trinajstić information content (AvgIpc) is 2.35. The predicted octanol–water partition coefficient (Wildman–Crippen LogP) is 3.25. The molecule has 0 aromatic rings. The lowest BCUT2D eigenvalue weighted by molar-refractivity contribution is -0.884. The Morgan fingerprint density at radius 3 is 2.10 bits per heavy atom. The van der Waals surface area contributed by atoms with Crippen LogP contribution in [0.5, 0.6) is 0 Å². The van der Waals surface area contributed by atoms with Gasteiger partial charge >= 0.3 is 5.97 Å². The Balaban J connectivity index is 4.30. The molecule has 0 aliphatic heterocycles. The van der Waals surface area contributed by atoms with Crippen molar-refractivity contribution in [2.24, 2.45) is 5.41 Å². The van der Waals surface area contributed by atoms with Crippen molar-refractivity contribution in [1.82, 2.24) is 0 Å². The van der Waals surface area contributed by atoms with E-state index in [1.807, 2.05) is 6.92 Å². The maximum atomic E-state index is 11.6. The van der Waals surface area contributed by atoms with E-state index in [1.165, 1.54) is 0 Å². The lowest BCUT2D eigenvalue weighted by Gasteiger charge is -2.34. The molecule has 0 saturated carbocycles. The number of esters is 1. The zero-order valence-electron chi connectivity index (χ0n) is 15.4. The van der Waals surface area contributed by atoms with E-state index in [4.69, 9.17) is 9.47 Å². The van der Waals surface area contributed by atoms with Crippen LogP contribution in [-0.4, -0.2) is 57.0 Å². The zero-order valence-corrected chi connectivity index (χ0v) is 15.4. The highest BCUT2D eigenvalue weighted by Gasteiger charge is 2.28. The number of ether oxygens (including phenoxy) is 2. The molecule has 0 saturated heterocycles. The SMILES string of the molecule is CCOC(=O)C[N+](C)(C)CCC(C)(C)CCC(C)(C)OC. The molecule has 4 heteroatoms. The van der Waals surface area contributed by atoms with Gasteiger partial charge in [0.2, 0.25) is 0 Å². The van der Waals surface area contributed by atoms with Crippen molar-refractivity contribution in [3.8, 4) is 0 Å². The van der Waals surface area contributed by atoms with Gasteiger partial charge in [-0.15, -0.1) is 0 Å². The van der Waals surface area contributed by atoms with Crippen LogP contribution in [0.1, 0.15) is 53.9 Å². The monoisotopic (exact) mass is 302 g/mol. The van der Waals surface area contributed by atoms with Crippen molar-refractivity contribution in [3.63, 3.8) is 0 Å². The van der Waals surface area contributed by atoms with Crippen LogP contribution in [0.4, 0.5) is 0 Å². The average molecular weight is 302 g/mol. The summed E-state index contributed by atoms with van der Waals surface area (Å²) < 4.78 is 11.2. The van der Waals surface area contributed by atoms with Crippen molar-refractivity contribution >= 4 is 5.97 Å². The molecule has 0 fully saturated rings. The van der Waals surface area contributed by atoms with Crippen LogP contribution in [0.3, 0.4) is 0 Å². The van der Waals surface area contributed by atoms with Crippen molar-refractivity contribution in [2.75, 3.05) is 40.9 Å². The summed E-state index contributed by atoms with van der Waals surface area (Å²) in [5.74, 6) is -0.110. The molecule has 0 radical (unpaired) electrons. The van der Waals surface area contributed by atoms with Gasteiger partial charge in [-0.25, -0.2) is 4.79 Å². The smallest absolute Gasteiger partial charge is 0.361 e. The zero-order chi connectivity index (χ0) is 16.7. The molecular formula is C17H36NO3+. The second-order valence-corrected chi connectivity index (χ2v) is 8.00. The Kier molecular flexibility index (Phi) is 7.90. The largest absolute Gasteiger partial charge is 0.462 e. The Labute approximate surface area is 131 Å². The third-order valence-electron chi connectivity index (χ3n) is 4.21. The number of quaternary nitrogens is 1. The van der Waals surface area contributed by atoms with Crippen LogP contribution >= 0.6 is 0 Å². The number of carbonyl (C=O) groups is 1. The van der Waals surface area contributed by atoms with Crippen molar-refractivity contribution in [2.45, 2.75) is 59.5 Å². The van der Waals surface area contributed by atoms with E-state index in [0.29, 0.717) is 17.6 Å². The van der Waals surface area contributed by atoms with E-state index in [0.717, 1.165) is 25.8 Å². The highest BCUT2D eigenvalue weighted by atomic mass is 16.5. The van der Waals surface area contributed by atoms with Gasteiger partial charge in [0, 0.05) is 13.5 Å². The van der Waals surface area contributed by atoms with Crippen LogP contribution in [0, 0.1) is 5.41 Å². The first kappa shape index (κ1) is 20.4. The third kappa shape index (κ3) is 9.86. The van der Waals surface area contributed by atoms with Gasteiger partial charge in [-0.3, -0.25) is 0 Å². The minimum absolute atomic E-state index is 0.0629. The molecule has 0 atom stereocenters. The van der Waals surface area contributed by atoms with Gasteiger partial charge in [0.15, 0.2) is 6.54 Å². The summed E-state index contributed by atoms with van der Waals surface area (Å²) in [6.45, 7) is 12.6. The summed E-state index contributed by atoms with van der Waals surface area (Å²) >= 11 is 0. The Morgan fingerprint density at radius 2 is 1.62 bits per heavy atom. The second kappa shape index (κ2) is 8.14. The Hall–Kier alpha value is -0.610. The fraction of sp³-hybridized carbons (Fsp3) is 0.941. The molecule has 126 valence electrons. The molecule has 0 aliphatic carbocycles. The molecule has 0 N–H and O–H groups in total. The van der Waals surface area contributed by atoms with Gasteiger partial charge in [-0.2, -0.15) is 0 Å². The van der Waals surface area contributed by atoms with Crippen LogP contribution in [0.25, 0.3) is 0 Å². The van der Waals surface area contributed by atoms with E-state index < -0.39 is 0 Å². The topological polar surface area (TPSA) is 35.5 Å². The first-order valence-electron chi connectivity index (χ1n) is 7.96. The van der Waals surface area contributed by atoms with Gasteiger partial charge in [-0.1, -0.05) is 13.8 Å². The number of hydrogen-bond acceptors (Lipinski definition) is 3. The molecule has 0 aliphatic rings. The second-order valence-electron chi connectivity index (χ2n) is 8.00. The minimum Gasteiger partial charge on any atom is -0.462 e. The molecular weight excluding hydrogens is 266 g/mol. The molecule has 0 aromatic carbocycles. The lowest BCUT2D eigenvalue weighted by atomic mass is 9.81. The fourth-order valence-corrected chi connectivity index (χ4v) is 2.11. The lowest BCUT2D eigenvalue weighted by Crippen LogP contribution is -2.46. The number of methoxy groups -OCH3 is 1. The molecule has 0 amide bonds. The van der Waals surface area contributed by atoms with E-state index in [9.17, 15) is 4.79 Å². The quantitative estimate of drug-likeness (QED) is 0.459. The Bertz CT molecular complexity index is 322. The predicted molar refractivity (Wildman–Crippen MR) is 87.2 cm³/mol. The van der Waals surface area contributed by atoms with Gasteiger partial charge in [-0.05, 0) is 39.0 Å². The number of carbonyl (C=O) groups excluding carboxylic acids is 1. The van der Waals surface area contributed by atoms with Crippen LogP contribution in [0.2, 0.25) is 0 Å². The third-order valence-corrected chi connectivity index (χ3v) is 4.21. The Morgan fingerprint density at radius 1 is 1.05 bits per heavy atom. The first-order chi connectivity index (χ1) is 9.43. The minimum atomic E-state index is -0.110. The van der Waals surface area contributed by atoms with E-state index in [2.05, 4.69) is 41.8 Å². The molecule has 4 nitrogen and oxygen atoms in total. The van der Waals surface area contributed by atoms with E-state index in [-0.39, 0.29) is 17.0 Å². The highest BCUT2D eigenvalue weighted by molar-refractivity contribution is 5.70. The van der Waals surface area contributed by atoms with Gasteiger partial charge in [0.25, 0.3) is 0 Å². The van der Waals surface area contributed by atoms with Crippen molar-refractivity contribution in [1.29, 1.82) is 0 Å². The summed E-state index contributed by atoms with van der Waals surface area (Å²) in [5.41, 5.74) is 0.187. The van der Waals surface area contributed by atoms with E-state index in [1.54, 1.807) is 7.11 Å². The number of likely N-dealkylation sites (N-methyl/N-ethyl adjacent to an activating group) is 1. The summed E-state index contributed by atoms with van der Waals surface area (Å²) in [5, 5.41) is 0. The number of nitrogens with zero attached hydrogens (tertiary/aromatic N) is 1. The maximum absolute atomic E-state index is 11.6. The molecule has 0 bridgehead atoms. The van der Waals surface area contributed by atoms with Crippen LogP contribution in [0.15, 0.2) is 0 Å². The molecule has 0 spiro atoms. The van der Waals surface area contributed by atoms with Crippen LogP contribution in [-0.2, 0) is 14.3 Å². The summed E-state index contributed by atoms with van der Waals surface area (Å²) in [7, 11) is 5.95. The molecule has 0 rings (SSSR count). The summed E-state index contributed by atoms with van der Waals surface area (Å²) in [6, 6.07) is 0. The molecule has 0 aromatic heterocycles. The van der Waals surface area contributed by atoms with Crippen LogP contribution < -0.4 is 0 Å². The number of rotatable bonds is 10. The first-order valence-corrected chi connectivity index (χ1v) is 7.96. The normalized spacial score (nSPS) is 13.3. The van der Waals surface area contributed by atoms with Gasteiger partial charge in [0.1, 0.15) is 0 Å². The highest BCUT2D eigenvalue weighted by Crippen LogP contribution is 2.31. The number of hydrogen-bond donors (Lipinski definition) is 0. The summed E-state index contributed by atoms with van der Waals surface area (Å²) in [6.07, 6.45) is 3.24. The standard InChI is InChI=1S/C17H36NO3/c1-9-21-15(19)14-18(6,7)13-12-16(2,3)10-11-17(4,5)20-8/h9-14H2,1-8H3/q+1. The summed E-state index contributed by atoms with van der Waals surface area (Å²) in [4.78, 5) is 11.6. The van der Waals surface area contributed by atoms with Crippen molar-refractivity contribution in [3.05, 3.63) is 0 Å². The van der Waals surface area contributed by atoms with Crippen molar-refractivity contribution < 1.29 is 18.8 Å². The molecule has 0 heterocycles. The maximum Gasteiger partial charge on any atom is 0.361 e. The fourth-order valence-electron chi connectivity index (χ4n) is 2.11. The molecule has 0 unspecified atom stereocenters.